The molecule has 0 aromatic rings. The molecule has 0 atom stereocenters. The Morgan fingerprint density at radius 3 is 1.86 bits per heavy atom. The lowest BCUT2D eigenvalue weighted by Crippen LogP contribution is -1.57. The van der Waals surface area contributed by atoms with Gasteiger partial charge < -0.3 is 4.29 Å². The topological polar surface area (TPSA) is 26.3 Å². The van der Waals surface area contributed by atoms with Crippen molar-refractivity contribution >= 4 is 18.3 Å². The van der Waals surface area contributed by atoms with Crippen molar-refractivity contribution in [1.82, 2.24) is 0 Å². The average Bonchev–Trinajstić information content (AvgIpc) is 1.69. The van der Waals surface area contributed by atoms with Crippen molar-refractivity contribution in [3.63, 3.8) is 0 Å². The number of halogens is 1. The van der Waals surface area contributed by atoms with Crippen LogP contribution in [-0.2, 0) is 9.08 Å². The van der Waals surface area contributed by atoms with Gasteiger partial charge in [-0.15, -0.1) is 0 Å². The quantitative estimate of drug-likeness (QED) is 0.498. The van der Waals surface area contributed by atoms with Gasteiger partial charge in [-0.25, -0.2) is 0 Å². The maximum Gasteiger partial charge on any atom is 0.312 e. The standard InChI is InChI=1S/C3H8.CHClO2/c1-3-2;2-4-1-3/h3H2,1-2H3;1H. The summed E-state index contributed by atoms with van der Waals surface area (Å²) in [6.45, 7) is 4.39. The second-order valence-electron chi connectivity index (χ2n) is 0.892. The van der Waals surface area contributed by atoms with Crippen LogP contribution in [0.4, 0.5) is 0 Å². The highest BCUT2D eigenvalue weighted by Crippen LogP contribution is 1.62. The monoisotopic (exact) mass is 124 g/mol. The molecule has 2 nitrogen and oxygen atoms in total. The first kappa shape index (κ1) is 9.90. The van der Waals surface area contributed by atoms with Gasteiger partial charge in [0, 0.05) is 0 Å². The molecule has 0 N–H and O–H groups in total. The fourth-order valence-electron chi connectivity index (χ4n) is 0. The van der Waals surface area contributed by atoms with Crippen LogP contribution in [0.25, 0.3) is 0 Å². The number of carbonyl (C=O) groups is 1. The first-order valence-corrected chi connectivity index (χ1v) is 2.35. The van der Waals surface area contributed by atoms with Gasteiger partial charge in [0.25, 0.3) is 0 Å². The molecule has 0 saturated heterocycles. The third-order valence-electron chi connectivity index (χ3n) is 0.0364. The van der Waals surface area contributed by atoms with Crippen LogP contribution in [0.1, 0.15) is 20.3 Å². The lowest BCUT2D eigenvalue weighted by atomic mass is 10.6. The normalized spacial score (nSPS) is 5.57. The lowest BCUT2D eigenvalue weighted by molar-refractivity contribution is -0.120. The fraction of sp³-hybridized carbons (Fsp3) is 0.750. The van der Waals surface area contributed by atoms with Crippen LogP contribution < -0.4 is 0 Å². The summed E-state index contributed by atoms with van der Waals surface area (Å²) in [4.78, 5) is 8.82. The largest absolute Gasteiger partial charge is 0.350 e. The number of hydrogen-bond acceptors (Lipinski definition) is 2. The van der Waals surface area contributed by atoms with Gasteiger partial charge >= 0.3 is 6.47 Å². The molecule has 3 heteroatoms. The summed E-state index contributed by atoms with van der Waals surface area (Å²) in [5.74, 6) is 0. The van der Waals surface area contributed by atoms with E-state index in [9.17, 15) is 0 Å². The van der Waals surface area contributed by atoms with Crippen molar-refractivity contribution in [2.45, 2.75) is 20.3 Å². The molecule has 0 saturated carbocycles. The van der Waals surface area contributed by atoms with Gasteiger partial charge in [-0.05, 0) is 0 Å². The van der Waals surface area contributed by atoms with Crippen LogP contribution >= 0.6 is 11.9 Å². The summed E-state index contributed by atoms with van der Waals surface area (Å²) < 4.78 is 3.33. The van der Waals surface area contributed by atoms with Crippen molar-refractivity contribution in [3.05, 3.63) is 0 Å². The zero-order valence-electron chi connectivity index (χ0n) is 4.48. The van der Waals surface area contributed by atoms with Crippen LogP contribution in [0.2, 0.25) is 0 Å². The minimum atomic E-state index is 0.140. The number of carbonyl (C=O) groups excluding carboxylic acids is 1. The molecular weight excluding hydrogens is 115 g/mol. The van der Waals surface area contributed by atoms with E-state index in [0.717, 1.165) is 0 Å². The predicted molar refractivity (Wildman–Crippen MR) is 29.0 cm³/mol. The Bertz CT molecular complexity index is 30.9. The highest BCUT2D eigenvalue weighted by atomic mass is 35.5. The predicted octanol–water partition coefficient (Wildman–Crippen LogP) is 1.73. The van der Waals surface area contributed by atoms with Crippen molar-refractivity contribution in [2.24, 2.45) is 0 Å². The summed E-state index contributed by atoms with van der Waals surface area (Å²) in [6.07, 6.45) is 1.25. The van der Waals surface area contributed by atoms with E-state index in [1.807, 2.05) is 0 Å². The van der Waals surface area contributed by atoms with Crippen molar-refractivity contribution in [2.75, 3.05) is 0 Å². The summed E-state index contributed by atoms with van der Waals surface area (Å²) >= 11 is 4.32. The molecular formula is C4H9ClO2. The zero-order valence-corrected chi connectivity index (χ0v) is 5.23. The summed E-state index contributed by atoms with van der Waals surface area (Å²) in [7, 11) is 0. The van der Waals surface area contributed by atoms with E-state index in [0.29, 0.717) is 0 Å². The molecule has 7 heavy (non-hydrogen) atoms. The van der Waals surface area contributed by atoms with Crippen LogP contribution in [0.5, 0.6) is 0 Å². The molecule has 0 radical (unpaired) electrons. The van der Waals surface area contributed by atoms with Crippen molar-refractivity contribution in [3.8, 4) is 0 Å². The smallest absolute Gasteiger partial charge is 0.312 e. The van der Waals surface area contributed by atoms with Gasteiger partial charge in [-0.3, -0.25) is 4.79 Å². The molecule has 44 valence electrons. The van der Waals surface area contributed by atoms with Crippen LogP contribution in [0.15, 0.2) is 0 Å². The third kappa shape index (κ3) is 141. The molecule has 0 aliphatic carbocycles. The van der Waals surface area contributed by atoms with Crippen LogP contribution in [-0.4, -0.2) is 6.47 Å². The summed E-state index contributed by atoms with van der Waals surface area (Å²) in [5, 5.41) is 0. The van der Waals surface area contributed by atoms with E-state index < -0.39 is 0 Å². The van der Waals surface area contributed by atoms with Crippen LogP contribution in [0, 0.1) is 0 Å². The van der Waals surface area contributed by atoms with E-state index in [1.165, 1.54) is 6.42 Å². The Labute approximate surface area is 48.6 Å². The minimum Gasteiger partial charge on any atom is -0.350 e. The zero-order chi connectivity index (χ0) is 6.12. The molecule has 0 aromatic heterocycles. The van der Waals surface area contributed by atoms with E-state index in [1.54, 1.807) is 0 Å². The van der Waals surface area contributed by atoms with E-state index in [4.69, 9.17) is 4.79 Å². The molecule has 0 unspecified atom stereocenters. The molecule has 0 heterocycles. The molecule has 0 rings (SSSR count). The Kier molecular flexibility index (Phi) is 24.2. The second kappa shape index (κ2) is 17.1. The number of hydrogen-bond donors (Lipinski definition) is 0. The molecule has 0 bridgehead atoms. The Morgan fingerprint density at radius 2 is 1.86 bits per heavy atom. The van der Waals surface area contributed by atoms with E-state index in [2.05, 4.69) is 30.0 Å². The third-order valence-corrected chi connectivity index (χ3v) is 0.109. The molecule has 0 fully saturated rings. The molecule has 0 spiro atoms. The highest BCUT2D eigenvalue weighted by molar-refractivity contribution is 6.10. The summed E-state index contributed by atoms with van der Waals surface area (Å²) in [6, 6.07) is 0. The average molecular weight is 125 g/mol. The van der Waals surface area contributed by atoms with Crippen molar-refractivity contribution < 1.29 is 9.08 Å². The van der Waals surface area contributed by atoms with Gasteiger partial charge in [-0.1, -0.05) is 20.3 Å². The second-order valence-corrected chi connectivity index (χ2v) is 1.07. The SMILES string of the molecule is CCC.O=COCl. The summed E-state index contributed by atoms with van der Waals surface area (Å²) in [5.41, 5.74) is 0. The number of rotatable bonds is 1. The first-order chi connectivity index (χ1) is 3.33. The Hall–Kier alpha value is -0.240. The van der Waals surface area contributed by atoms with E-state index in [-0.39, 0.29) is 6.47 Å². The van der Waals surface area contributed by atoms with Gasteiger partial charge in [0.1, 0.15) is 11.9 Å². The van der Waals surface area contributed by atoms with Gasteiger partial charge in [0.15, 0.2) is 0 Å². The van der Waals surface area contributed by atoms with Gasteiger partial charge in [0.05, 0.1) is 0 Å². The lowest BCUT2D eigenvalue weighted by Gasteiger charge is -1.59. The molecule has 0 aliphatic heterocycles. The maximum absolute atomic E-state index is 8.82. The Balaban J connectivity index is 0. The maximum atomic E-state index is 8.82. The van der Waals surface area contributed by atoms with Gasteiger partial charge in [-0.2, -0.15) is 0 Å². The van der Waals surface area contributed by atoms with Gasteiger partial charge in [0.2, 0.25) is 0 Å². The highest BCUT2D eigenvalue weighted by Gasteiger charge is 1.50. The first-order valence-electron chi connectivity index (χ1n) is 2.04. The van der Waals surface area contributed by atoms with Crippen LogP contribution in [0.3, 0.4) is 0 Å². The van der Waals surface area contributed by atoms with Crippen molar-refractivity contribution in [1.29, 1.82) is 0 Å². The molecule has 0 amide bonds. The molecule has 0 aliphatic rings. The Morgan fingerprint density at radius 1 is 1.71 bits per heavy atom. The minimum absolute atomic E-state index is 0.140. The van der Waals surface area contributed by atoms with E-state index >= 15 is 0 Å². The molecule has 0 aromatic carbocycles. The fourth-order valence-corrected chi connectivity index (χ4v) is 0.